The highest BCUT2D eigenvalue weighted by Crippen LogP contribution is 2.20. The smallest absolute Gasteiger partial charge is 0.342 e. The SMILES string of the molecule is COc1ccc(C(=O)[C@H](C)OC(=O)c2c(C)nn(-c3ccccc3)c2C)cc1. The fraction of sp³-hybridized carbons (Fsp3) is 0.227. The topological polar surface area (TPSA) is 70.4 Å². The molecule has 0 spiro atoms. The summed E-state index contributed by atoms with van der Waals surface area (Å²) in [4.78, 5) is 25.3. The van der Waals surface area contributed by atoms with E-state index in [4.69, 9.17) is 9.47 Å². The van der Waals surface area contributed by atoms with Crippen LogP contribution in [-0.2, 0) is 4.74 Å². The van der Waals surface area contributed by atoms with Crippen molar-refractivity contribution in [2.75, 3.05) is 7.11 Å². The Morgan fingerprint density at radius 3 is 2.25 bits per heavy atom. The van der Waals surface area contributed by atoms with Gasteiger partial charge in [0.25, 0.3) is 0 Å². The lowest BCUT2D eigenvalue weighted by Crippen LogP contribution is -2.25. The van der Waals surface area contributed by atoms with Crippen LogP contribution < -0.4 is 4.74 Å². The lowest BCUT2D eigenvalue weighted by molar-refractivity contribution is 0.0317. The zero-order chi connectivity index (χ0) is 20.3. The van der Waals surface area contributed by atoms with Crippen molar-refractivity contribution in [1.82, 2.24) is 9.78 Å². The molecule has 0 aliphatic heterocycles. The summed E-state index contributed by atoms with van der Waals surface area (Å²) >= 11 is 0. The van der Waals surface area contributed by atoms with Gasteiger partial charge in [-0.25, -0.2) is 9.48 Å². The first-order chi connectivity index (χ1) is 13.4. The molecule has 6 heteroatoms. The molecule has 0 aliphatic rings. The maximum absolute atomic E-state index is 12.7. The summed E-state index contributed by atoms with van der Waals surface area (Å²) in [6.45, 7) is 5.12. The summed E-state index contributed by atoms with van der Waals surface area (Å²) in [5.74, 6) is -0.186. The Hall–Kier alpha value is -3.41. The predicted octanol–water partition coefficient (Wildman–Crippen LogP) is 3.93. The fourth-order valence-corrected chi connectivity index (χ4v) is 3.02. The van der Waals surface area contributed by atoms with Crippen molar-refractivity contribution >= 4 is 11.8 Å². The van der Waals surface area contributed by atoms with Gasteiger partial charge in [-0.3, -0.25) is 4.79 Å². The average Bonchev–Trinajstić information content (AvgIpc) is 3.02. The van der Waals surface area contributed by atoms with Crippen LogP contribution in [0, 0.1) is 13.8 Å². The number of hydrogen-bond acceptors (Lipinski definition) is 5. The van der Waals surface area contributed by atoms with Crippen molar-refractivity contribution in [1.29, 1.82) is 0 Å². The van der Waals surface area contributed by atoms with Crippen LogP contribution in [0.5, 0.6) is 5.75 Å². The van der Waals surface area contributed by atoms with Crippen molar-refractivity contribution in [3.8, 4) is 11.4 Å². The second kappa shape index (κ2) is 8.08. The minimum atomic E-state index is -0.917. The fourth-order valence-electron chi connectivity index (χ4n) is 3.02. The molecule has 0 unspecified atom stereocenters. The van der Waals surface area contributed by atoms with Gasteiger partial charge < -0.3 is 9.47 Å². The number of ether oxygens (including phenoxy) is 2. The molecule has 3 aromatic rings. The second-order valence-corrected chi connectivity index (χ2v) is 6.43. The normalized spacial score (nSPS) is 11.7. The minimum Gasteiger partial charge on any atom is -0.497 e. The molecule has 0 bridgehead atoms. The van der Waals surface area contributed by atoms with Gasteiger partial charge in [-0.1, -0.05) is 18.2 Å². The molecule has 3 rings (SSSR count). The molecule has 144 valence electrons. The number of carbonyl (C=O) groups excluding carboxylic acids is 2. The van der Waals surface area contributed by atoms with E-state index in [2.05, 4.69) is 5.10 Å². The van der Waals surface area contributed by atoms with E-state index in [0.717, 1.165) is 5.69 Å². The van der Waals surface area contributed by atoms with E-state index in [-0.39, 0.29) is 5.78 Å². The zero-order valence-corrected chi connectivity index (χ0v) is 16.3. The number of hydrogen-bond donors (Lipinski definition) is 0. The van der Waals surface area contributed by atoms with E-state index in [1.54, 1.807) is 56.8 Å². The second-order valence-electron chi connectivity index (χ2n) is 6.43. The van der Waals surface area contributed by atoms with Gasteiger partial charge in [0.1, 0.15) is 11.3 Å². The highest BCUT2D eigenvalue weighted by molar-refractivity contribution is 6.01. The van der Waals surface area contributed by atoms with Crippen LogP contribution in [0.15, 0.2) is 54.6 Å². The molecule has 1 aromatic heterocycles. The van der Waals surface area contributed by atoms with Crippen molar-refractivity contribution in [2.45, 2.75) is 26.9 Å². The first-order valence-electron chi connectivity index (χ1n) is 8.93. The van der Waals surface area contributed by atoms with Crippen molar-refractivity contribution in [2.24, 2.45) is 0 Å². The first-order valence-corrected chi connectivity index (χ1v) is 8.93. The van der Waals surface area contributed by atoms with E-state index < -0.39 is 12.1 Å². The van der Waals surface area contributed by atoms with Crippen LogP contribution in [0.25, 0.3) is 5.69 Å². The number of esters is 1. The van der Waals surface area contributed by atoms with Crippen molar-refractivity contribution in [3.63, 3.8) is 0 Å². The number of Topliss-reactive ketones (excluding diaryl/α,β-unsaturated/α-hetero) is 1. The number of para-hydroxylation sites is 1. The van der Waals surface area contributed by atoms with Crippen LogP contribution in [0.2, 0.25) is 0 Å². The van der Waals surface area contributed by atoms with Crippen LogP contribution in [-0.4, -0.2) is 34.7 Å². The number of methoxy groups -OCH3 is 1. The third-order valence-electron chi connectivity index (χ3n) is 4.52. The van der Waals surface area contributed by atoms with Crippen LogP contribution in [0.4, 0.5) is 0 Å². The maximum atomic E-state index is 12.7. The molecule has 0 N–H and O–H groups in total. The summed E-state index contributed by atoms with van der Waals surface area (Å²) in [6, 6.07) is 16.2. The van der Waals surface area contributed by atoms with Crippen molar-refractivity contribution in [3.05, 3.63) is 77.1 Å². The molecule has 6 nitrogen and oxygen atoms in total. The minimum absolute atomic E-state index is 0.276. The van der Waals surface area contributed by atoms with Crippen LogP contribution in [0.1, 0.15) is 39.0 Å². The van der Waals surface area contributed by atoms with Gasteiger partial charge in [-0.2, -0.15) is 5.10 Å². The van der Waals surface area contributed by atoms with E-state index in [1.165, 1.54) is 0 Å². The predicted molar refractivity (Wildman–Crippen MR) is 105 cm³/mol. The van der Waals surface area contributed by atoms with Gasteiger partial charge in [-0.15, -0.1) is 0 Å². The average molecular weight is 378 g/mol. The summed E-state index contributed by atoms with van der Waals surface area (Å²) in [5.41, 5.74) is 2.89. The van der Waals surface area contributed by atoms with Crippen LogP contribution >= 0.6 is 0 Å². The standard InChI is InChI=1S/C22H22N2O4/c1-14-20(15(2)24(23-14)18-8-6-5-7-9-18)22(26)28-16(3)21(25)17-10-12-19(27-4)13-11-17/h5-13,16H,1-4H3/t16-/m0/s1. The Morgan fingerprint density at radius 1 is 1.00 bits per heavy atom. The summed E-state index contributed by atoms with van der Waals surface area (Å²) in [7, 11) is 1.56. The highest BCUT2D eigenvalue weighted by Gasteiger charge is 2.25. The molecule has 0 aliphatic carbocycles. The monoisotopic (exact) mass is 378 g/mol. The lowest BCUT2D eigenvalue weighted by atomic mass is 10.1. The number of ketones is 1. The highest BCUT2D eigenvalue weighted by atomic mass is 16.5. The molecule has 0 saturated carbocycles. The number of aromatic nitrogens is 2. The summed E-state index contributed by atoms with van der Waals surface area (Å²) in [5, 5.41) is 4.45. The van der Waals surface area contributed by atoms with E-state index in [9.17, 15) is 9.59 Å². The Labute approximate surface area is 163 Å². The molecule has 2 aromatic carbocycles. The largest absolute Gasteiger partial charge is 0.497 e. The van der Waals surface area contributed by atoms with Gasteiger partial charge in [0, 0.05) is 5.56 Å². The van der Waals surface area contributed by atoms with Gasteiger partial charge >= 0.3 is 5.97 Å². The molecular formula is C22H22N2O4. The van der Waals surface area contributed by atoms with Gasteiger partial charge in [-0.05, 0) is 57.2 Å². The van der Waals surface area contributed by atoms with Gasteiger partial charge in [0.15, 0.2) is 6.10 Å². The molecule has 0 saturated heterocycles. The summed E-state index contributed by atoms with van der Waals surface area (Å²) < 4.78 is 12.2. The number of benzene rings is 2. The zero-order valence-electron chi connectivity index (χ0n) is 16.3. The van der Waals surface area contributed by atoms with E-state index >= 15 is 0 Å². The Balaban J connectivity index is 1.79. The Morgan fingerprint density at radius 2 is 1.64 bits per heavy atom. The lowest BCUT2D eigenvalue weighted by Gasteiger charge is -2.13. The quantitative estimate of drug-likeness (QED) is 0.480. The van der Waals surface area contributed by atoms with Gasteiger partial charge in [0.05, 0.1) is 24.2 Å². The number of aryl methyl sites for hydroxylation is 1. The molecule has 0 fully saturated rings. The third-order valence-corrected chi connectivity index (χ3v) is 4.52. The molecule has 0 radical (unpaired) electrons. The third kappa shape index (κ3) is 3.81. The van der Waals surface area contributed by atoms with Crippen molar-refractivity contribution < 1.29 is 19.1 Å². The molecule has 1 heterocycles. The number of carbonyl (C=O) groups is 2. The molecule has 1 atom stereocenters. The number of rotatable bonds is 6. The summed E-state index contributed by atoms with van der Waals surface area (Å²) in [6.07, 6.45) is -0.917. The number of nitrogens with zero attached hydrogens (tertiary/aromatic N) is 2. The Bertz CT molecular complexity index is 991. The van der Waals surface area contributed by atoms with E-state index in [0.29, 0.717) is 28.3 Å². The van der Waals surface area contributed by atoms with Gasteiger partial charge in [0.2, 0.25) is 5.78 Å². The molecular weight excluding hydrogens is 356 g/mol. The molecule has 28 heavy (non-hydrogen) atoms. The first kappa shape index (κ1) is 19.4. The van der Waals surface area contributed by atoms with E-state index in [1.807, 2.05) is 30.3 Å². The molecule has 0 amide bonds. The Kier molecular flexibility index (Phi) is 5.59. The van der Waals surface area contributed by atoms with Crippen LogP contribution in [0.3, 0.4) is 0 Å². The maximum Gasteiger partial charge on any atom is 0.342 e.